The maximum absolute atomic E-state index is 11.7. The molecule has 1 aliphatic rings. The van der Waals surface area contributed by atoms with Gasteiger partial charge in [0.1, 0.15) is 0 Å². The smallest absolute Gasteiger partial charge is 0.240 e. The Morgan fingerprint density at radius 2 is 2.25 bits per heavy atom. The lowest BCUT2D eigenvalue weighted by Crippen LogP contribution is -2.43. The summed E-state index contributed by atoms with van der Waals surface area (Å²) < 4.78 is 0. The van der Waals surface area contributed by atoms with Gasteiger partial charge in [-0.1, -0.05) is 23.7 Å². The molecule has 1 saturated carbocycles. The van der Waals surface area contributed by atoms with Crippen molar-refractivity contribution < 1.29 is 4.79 Å². The van der Waals surface area contributed by atoms with Crippen molar-refractivity contribution in [1.29, 1.82) is 0 Å². The predicted octanol–water partition coefficient (Wildman–Crippen LogP) is 2.01. The van der Waals surface area contributed by atoms with Crippen molar-refractivity contribution in [3.8, 4) is 0 Å². The molecule has 1 aromatic rings. The molecule has 0 saturated heterocycles. The number of nitrogens with two attached hydrogens (primary N) is 1. The molecule has 1 atom stereocenters. The van der Waals surface area contributed by atoms with Crippen LogP contribution in [0.4, 0.5) is 0 Å². The number of rotatable bonds is 3. The van der Waals surface area contributed by atoms with Gasteiger partial charge in [0, 0.05) is 5.02 Å². The van der Waals surface area contributed by atoms with Crippen LogP contribution < -0.4 is 11.1 Å². The van der Waals surface area contributed by atoms with Crippen molar-refractivity contribution >= 4 is 17.5 Å². The summed E-state index contributed by atoms with van der Waals surface area (Å²) >= 11 is 5.89. The van der Waals surface area contributed by atoms with E-state index in [4.69, 9.17) is 17.3 Å². The molecule has 0 unspecified atom stereocenters. The average molecular weight is 239 g/mol. The summed E-state index contributed by atoms with van der Waals surface area (Å²) in [6.07, 6.45) is 1.56. The molecule has 3 N–H and O–H groups in total. The van der Waals surface area contributed by atoms with Crippen LogP contribution in [0.25, 0.3) is 0 Å². The zero-order chi connectivity index (χ0) is 11.8. The Bertz CT molecular complexity index is 415. The molecule has 86 valence electrons. The van der Waals surface area contributed by atoms with Crippen molar-refractivity contribution in [3.63, 3.8) is 0 Å². The molecule has 1 amide bonds. The van der Waals surface area contributed by atoms with Crippen LogP contribution in [0.2, 0.25) is 5.02 Å². The van der Waals surface area contributed by atoms with E-state index in [0.717, 1.165) is 18.4 Å². The molecule has 0 radical (unpaired) electrons. The SMILES string of the molecule is C[C@@H](NC(=O)C1(N)CC1)c1cccc(Cl)c1. The summed E-state index contributed by atoms with van der Waals surface area (Å²) in [6.45, 7) is 1.93. The zero-order valence-electron chi connectivity index (χ0n) is 9.16. The summed E-state index contributed by atoms with van der Waals surface area (Å²) in [5.41, 5.74) is 6.18. The Hall–Kier alpha value is -1.06. The Kier molecular flexibility index (Phi) is 2.91. The number of halogens is 1. The van der Waals surface area contributed by atoms with E-state index in [1.165, 1.54) is 0 Å². The minimum Gasteiger partial charge on any atom is -0.348 e. The zero-order valence-corrected chi connectivity index (χ0v) is 9.92. The fraction of sp³-hybridized carbons (Fsp3) is 0.417. The van der Waals surface area contributed by atoms with Crippen LogP contribution in [0.5, 0.6) is 0 Å². The number of benzene rings is 1. The second kappa shape index (κ2) is 4.07. The predicted molar refractivity (Wildman–Crippen MR) is 64.2 cm³/mol. The van der Waals surface area contributed by atoms with Gasteiger partial charge in [0.05, 0.1) is 11.6 Å². The van der Waals surface area contributed by atoms with E-state index in [9.17, 15) is 4.79 Å². The monoisotopic (exact) mass is 238 g/mol. The number of carbonyl (C=O) groups excluding carboxylic acids is 1. The molecule has 0 aliphatic heterocycles. The molecular weight excluding hydrogens is 224 g/mol. The molecule has 4 heteroatoms. The molecule has 0 bridgehead atoms. The van der Waals surface area contributed by atoms with Gasteiger partial charge in [0.25, 0.3) is 0 Å². The fourth-order valence-corrected chi connectivity index (χ4v) is 1.76. The number of hydrogen-bond acceptors (Lipinski definition) is 2. The second-order valence-corrected chi connectivity index (χ2v) is 4.84. The molecule has 0 aromatic heterocycles. The van der Waals surface area contributed by atoms with Crippen LogP contribution >= 0.6 is 11.6 Å². The van der Waals surface area contributed by atoms with Crippen LogP contribution in [0, 0.1) is 0 Å². The van der Waals surface area contributed by atoms with Crippen LogP contribution in [-0.2, 0) is 4.79 Å². The maximum atomic E-state index is 11.7. The Labute approximate surface area is 100.0 Å². The number of amides is 1. The average Bonchev–Trinajstić information content (AvgIpc) is 2.98. The van der Waals surface area contributed by atoms with Crippen molar-refractivity contribution in [2.45, 2.75) is 31.3 Å². The summed E-state index contributed by atoms with van der Waals surface area (Å²) in [4.78, 5) is 11.7. The van der Waals surface area contributed by atoms with Gasteiger partial charge in [0.15, 0.2) is 0 Å². The number of carbonyl (C=O) groups is 1. The van der Waals surface area contributed by atoms with Gasteiger partial charge in [-0.25, -0.2) is 0 Å². The summed E-state index contributed by atoms with van der Waals surface area (Å²) in [5, 5.41) is 3.58. The fourth-order valence-electron chi connectivity index (χ4n) is 1.56. The normalized spacial score (nSPS) is 18.9. The van der Waals surface area contributed by atoms with E-state index in [1.807, 2.05) is 31.2 Å². The van der Waals surface area contributed by atoms with E-state index in [-0.39, 0.29) is 11.9 Å². The third-order valence-corrected chi connectivity index (χ3v) is 3.17. The summed E-state index contributed by atoms with van der Waals surface area (Å²) in [6, 6.07) is 7.41. The number of hydrogen-bond donors (Lipinski definition) is 2. The Morgan fingerprint density at radius 3 is 2.81 bits per heavy atom. The van der Waals surface area contributed by atoms with Crippen molar-refractivity contribution in [3.05, 3.63) is 34.9 Å². The second-order valence-electron chi connectivity index (χ2n) is 4.41. The van der Waals surface area contributed by atoms with Crippen molar-refractivity contribution in [2.24, 2.45) is 5.73 Å². The standard InChI is InChI=1S/C12H15ClN2O/c1-8(9-3-2-4-10(13)7-9)15-11(16)12(14)5-6-12/h2-4,7-8H,5-6,14H2,1H3,(H,15,16)/t8-/m1/s1. The highest BCUT2D eigenvalue weighted by Gasteiger charge is 2.46. The minimum atomic E-state index is -0.618. The van der Waals surface area contributed by atoms with E-state index in [1.54, 1.807) is 0 Å². The summed E-state index contributed by atoms with van der Waals surface area (Å²) in [5.74, 6) is -0.0695. The Morgan fingerprint density at radius 1 is 1.56 bits per heavy atom. The molecule has 1 aromatic carbocycles. The third-order valence-electron chi connectivity index (χ3n) is 2.94. The molecular formula is C12H15ClN2O. The lowest BCUT2D eigenvalue weighted by Gasteiger charge is -2.17. The van der Waals surface area contributed by atoms with Crippen LogP contribution in [0.15, 0.2) is 24.3 Å². The molecule has 1 fully saturated rings. The highest BCUT2D eigenvalue weighted by molar-refractivity contribution is 6.30. The van der Waals surface area contributed by atoms with Crippen molar-refractivity contribution in [1.82, 2.24) is 5.32 Å². The first-order valence-corrected chi connectivity index (χ1v) is 5.74. The molecule has 3 nitrogen and oxygen atoms in total. The quantitative estimate of drug-likeness (QED) is 0.847. The molecule has 16 heavy (non-hydrogen) atoms. The molecule has 2 rings (SSSR count). The van der Waals surface area contributed by atoms with Gasteiger partial charge < -0.3 is 11.1 Å². The van der Waals surface area contributed by atoms with Crippen LogP contribution in [-0.4, -0.2) is 11.4 Å². The highest BCUT2D eigenvalue weighted by atomic mass is 35.5. The van der Waals surface area contributed by atoms with E-state index in [2.05, 4.69) is 5.32 Å². The first kappa shape index (κ1) is 11.4. The van der Waals surface area contributed by atoms with Crippen LogP contribution in [0.3, 0.4) is 0 Å². The largest absolute Gasteiger partial charge is 0.348 e. The first-order chi connectivity index (χ1) is 7.51. The van der Waals surface area contributed by atoms with E-state index >= 15 is 0 Å². The van der Waals surface area contributed by atoms with Gasteiger partial charge in [-0.2, -0.15) is 0 Å². The van der Waals surface area contributed by atoms with Gasteiger partial charge in [-0.05, 0) is 37.5 Å². The molecule has 0 heterocycles. The third kappa shape index (κ3) is 2.36. The Balaban J connectivity index is 2.03. The summed E-state index contributed by atoms with van der Waals surface area (Å²) in [7, 11) is 0. The van der Waals surface area contributed by atoms with Crippen LogP contribution in [0.1, 0.15) is 31.4 Å². The van der Waals surface area contributed by atoms with E-state index < -0.39 is 5.54 Å². The van der Waals surface area contributed by atoms with E-state index in [0.29, 0.717) is 5.02 Å². The lowest BCUT2D eigenvalue weighted by molar-refractivity contribution is -0.123. The van der Waals surface area contributed by atoms with Gasteiger partial charge in [-0.3, -0.25) is 4.79 Å². The lowest BCUT2D eigenvalue weighted by atomic mass is 10.1. The maximum Gasteiger partial charge on any atom is 0.240 e. The first-order valence-electron chi connectivity index (χ1n) is 5.36. The molecule has 0 spiro atoms. The molecule has 1 aliphatic carbocycles. The van der Waals surface area contributed by atoms with Gasteiger partial charge >= 0.3 is 0 Å². The van der Waals surface area contributed by atoms with Crippen molar-refractivity contribution in [2.75, 3.05) is 0 Å². The minimum absolute atomic E-state index is 0.0628. The van der Waals surface area contributed by atoms with Gasteiger partial charge in [0.2, 0.25) is 5.91 Å². The number of nitrogens with one attached hydrogen (secondary N) is 1. The highest BCUT2D eigenvalue weighted by Crippen LogP contribution is 2.33. The topological polar surface area (TPSA) is 55.1 Å². The van der Waals surface area contributed by atoms with Gasteiger partial charge in [-0.15, -0.1) is 0 Å².